The maximum absolute atomic E-state index is 11.3. The van der Waals surface area contributed by atoms with Crippen molar-refractivity contribution in [3.8, 4) is 0 Å². The van der Waals surface area contributed by atoms with Gasteiger partial charge in [-0.3, -0.25) is 0 Å². The molecule has 1 aromatic carbocycles. The smallest absolute Gasteiger partial charge is 0.337 e. The Balaban J connectivity index is 0.00000200. The van der Waals surface area contributed by atoms with Gasteiger partial charge in [0.05, 0.1) is 12.7 Å². The zero-order valence-corrected chi connectivity index (χ0v) is 12.8. The molecule has 0 amide bonds. The number of methoxy groups -OCH3 is 1. The molecular formula is C16H24ClNO2. The number of aryl methyl sites for hydroxylation is 1. The molecule has 0 bridgehead atoms. The molecule has 0 heterocycles. The number of ether oxygens (including phenoxy) is 1. The van der Waals surface area contributed by atoms with Crippen molar-refractivity contribution in [1.82, 2.24) is 0 Å². The molecule has 1 aliphatic rings. The highest BCUT2D eigenvalue weighted by atomic mass is 35.5. The second-order valence-corrected chi connectivity index (χ2v) is 5.51. The van der Waals surface area contributed by atoms with E-state index in [2.05, 4.69) is 0 Å². The van der Waals surface area contributed by atoms with Crippen LogP contribution in [0.1, 0.15) is 48.0 Å². The van der Waals surface area contributed by atoms with Crippen molar-refractivity contribution in [3.63, 3.8) is 0 Å². The molecule has 2 N–H and O–H groups in total. The Labute approximate surface area is 127 Å². The van der Waals surface area contributed by atoms with Gasteiger partial charge in [-0.25, -0.2) is 4.79 Å². The normalized spacial score (nSPS) is 21.9. The van der Waals surface area contributed by atoms with Crippen LogP contribution in [0.2, 0.25) is 0 Å². The lowest BCUT2D eigenvalue weighted by Gasteiger charge is -2.25. The fourth-order valence-corrected chi connectivity index (χ4v) is 2.77. The summed E-state index contributed by atoms with van der Waals surface area (Å²) in [5, 5.41) is 0. The molecule has 0 aliphatic heterocycles. The van der Waals surface area contributed by atoms with Crippen LogP contribution >= 0.6 is 12.4 Å². The maximum atomic E-state index is 11.3. The van der Waals surface area contributed by atoms with Crippen molar-refractivity contribution in [2.24, 2.45) is 11.7 Å². The van der Waals surface area contributed by atoms with Gasteiger partial charge in [-0.1, -0.05) is 12.1 Å². The first-order valence-corrected chi connectivity index (χ1v) is 7.12. The van der Waals surface area contributed by atoms with Crippen LogP contribution in [0.3, 0.4) is 0 Å². The van der Waals surface area contributed by atoms with Gasteiger partial charge in [0, 0.05) is 6.04 Å². The molecule has 0 radical (unpaired) electrons. The molecule has 0 saturated heterocycles. The first kappa shape index (κ1) is 17.0. The lowest BCUT2D eigenvalue weighted by molar-refractivity contribution is 0.0600. The van der Waals surface area contributed by atoms with Crippen LogP contribution in [0.4, 0.5) is 0 Å². The first-order chi connectivity index (χ1) is 9.19. The number of esters is 1. The van der Waals surface area contributed by atoms with Gasteiger partial charge in [0.1, 0.15) is 0 Å². The van der Waals surface area contributed by atoms with Gasteiger partial charge >= 0.3 is 5.97 Å². The molecule has 20 heavy (non-hydrogen) atoms. The molecule has 0 spiro atoms. The molecule has 1 aliphatic carbocycles. The third-order valence-corrected chi connectivity index (χ3v) is 4.11. The minimum Gasteiger partial charge on any atom is -0.465 e. The summed E-state index contributed by atoms with van der Waals surface area (Å²) in [6.45, 7) is 0. The number of hydrogen-bond acceptors (Lipinski definition) is 3. The Morgan fingerprint density at radius 3 is 2.35 bits per heavy atom. The van der Waals surface area contributed by atoms with Crippen molar-refractivity contribution >= 4 is 18.4 Å². The van der Waals surface area contributed by atoms with Gasteiger partial charge in [0.15, 0.2) is 0 Å². The summed E-state index contributed by atoms with van der Waals surface area (Å²) in [6.07, 6.45) is 7.19. The zero-order valence-electron chi connectivity index (χ0n) is 12.0. The summed E-state index contributed by atoms with van der Waals surface area (Å²) in [6, 6.07) is 8.17. The van der Waals surface area contributed by atoms with E-state index in [-0.39, 0.29) is 18.4 Å². The van der Waals surface area contributed by atoms with Crippen LogP contribution in [0, 0.1) is 5.92 Å². The minimum absolute atomic E-state index is 0. The van der Waals surface area contributed by atoms with Crippen LogP contribution in [0.5, 0.6) is 0 Å². The Morgan fingerprint density at radius 1 is 1.20 bits per heavy atom. The number of nitrogens with two attached hydrogens (primary N) is 1. The highest BCUT2D eigenvalue weighted by molar-refractivity contribution is 5.89. The van der Waals surface area contributed by atoms with E-state index < -0.39 is 0 Å². The standard InChI is InChI=1S/C16H23NO2.ClH/c1-19-16(18)14-8-4-12(5-9-14)2-3-13-6-10-15(17)11-7-13;/h4-5,8-9,13,15H,2-3,6-7,10-11,17H2,1H3;1H. The van der Waals surface area contributed by atoms with Crippen LogP contribution in [0.15, 0.2) is 24.3 Å². The zero-order chi connectivity index (χ0) is 13.7. The lowest BCUT2D eigenvalue weighted by atomic mass is 9.83. The molecule has 0 aromatic heterocycles. The number of halogens is 1. The SMILES string of the molecule is COC(=O)c1ccc(CCC2CCC(N)CC2)cc1.Cl. The largest absolute Gasteiger partial charge is 0.465 e. The molecule has 4 heteroatoms. The van der Waals surface area contributed by atoms with Crippen LogP contribution in [0.25, 0.3) is 0 Å². The molecule has 1 fully saturated rings. The van der Waals surface area contributed by atoms with E-state index in [0.717, 1.165) is 12.3 Å². The highest BCUT2D eigenvalue weighted by Crippen LogP contribution is 2.27. The van der Waals surface area contributed by atoms with Gasteiger partial charge in [0.25, 0.3) is 0 Å². The molecule has 1 saturated carbocycles. The topological polar surface area (TPSA) is 52.3 Å². The number of carbonyl (C=O) groups is 1. The third-order valence-electron chi connectivity index (χ3n) is 4.11. The van der Waals surface area contributed by atoms with Crippen molar-refractivity contribution in [2.45, 2.75) is 44.6 Å². The van der Waals surface area contributed by atoms with E-state index in [9.17, 15) is 4.79 Å². The van der Waals surface area contributed by atoms with Crippen LogP contribution in [-0.2, 0) is 11.2 Å². The summed E-state index contributed by atoms with van der Waals surface area (Å²) in [5.41, 5.74) is 7.83. The molecule has 0 unspecified atom stereocenters. The summed E-state index contributed by atoms with van der Waals surface area (Å²) < 4.78 is 4.69. The molecule has 1 aromatic rings. The summed E-state index contributed by atoms with van der Waals surface area (Å²) >= 11 is 0. The molecular weight excluding hydrogens is 274 g/mol. The Bertz CT molecular complexity index is 411. The number of benzene rings is 1. The Hall–Kier alpha value is -1.06. The van der Waals surface area contributed by atoms with Crippen LogP contribution < -0.4 is 5.73 Å². The summed E-state index contributed by atoms with van der Waals surface area (Å²) in [7, 11) is 1.41. The van der Waals surface area contributed by atoms with E-state index >= 15 is 0 Å². The van der Waals surface area contributed by atoms with E-state index in [4.69, 9.17) is 10.5 Å². The Kier molecular flexibility index (Phi) is 7.03. The monoisotopic (exact) mass is 297 g/mol. The third kappa shape index (κ3) is 4.80. The fourth-order valence-electron chi connectivity index (χ4n) is 2.77. The molecule has 0 atom stereocenters. The van der Waals surface area contributed by atoms with Gasteiger partial charge < -0.3 is 10.5 Å². The van der Waals surface area contributed by atoms with Crippen LogP contribution in [-0.4, -0.2) is 19.1 Å². The van der Waals surface area contributed by atoms with Gasteiger partial charge in [-0.05, 0) is 62.1 Å². The lowest BCUT2D eigenvalue weighted by Crippen LogP contribution is -2.26. The average Bonchev–Trinajstić information content (AvgIpc) is 2.46. The second-order valence-electron chi connectivity index (χ2n) is 5.51. The van der Waals surface area contributed by atoms with E-state index in [1.54, 1.807) is 0 Å². The predicted molar refractivity (Wildman–Crippen MR) is 83.3 cm³/mol. The van der Waals surface area contributed by atoms with E-state index in [0.29, 0.717) is 11.6 Å². The van der Waals surface area contributed by atoms with E-state index in [1.807, 2.05) is 24.3 Å². The van der Waals surface area contributed by atoms with Crippen molar-refractivity contribution in [1.29, 1.82) is 0 Å². The molecule has 3 nitrogen and oxygen atoms in total. The van der Waals surface area contributed by atoms with Crippen molar-refractivity contribution in [2.75, 3.05) is 7.11 Å². The average molecular weight is 298 g/mol. The van der Waals surface area contributed by atoms with E-state index in [1.165, 1.54) is 44.8 Å². The minimum atomic E-state index is -0.271. The van der Waals surface area contributed by atoms with Crippen molar-refractivity contribution < 1.29 is 9.53 Å². The van der Waals surface area contributed by atoms with Gasteiger partial charge in [0.2, 0.25) is 0 Å². The number of rotatable bonds is 4. The maximum Gasteiger partial charge on any atom is 0.337 e. The van der Waals surface area contributed by atoms with Gasteiger partial charge in [-0.15, -0.1) is 12.4 Å². The quantitative estimate of drug-likeness (QED) is 0.867. The molecule has 2 rings (SSSR count). The van der Waals surface area contributed by atoms with Crippen molar-refractivity contribution in [3.05, 3.63) is 35.4 Å². The summed E-state index contributed by atoms with van der Waals surface area (Å²) in [4.78, 5) is 11.3. The Morgan fingerprint density at radius 2 is 1.80 bits per heavy atom. The fraction of sp³-hybridized carbons (Fsp3) is 0.562. The van der Waals surface area contributed by atoms with Gasteiger partial charge in [-0.2, -0.15) is 0 Å². The molecule has 112 valence electrons. The highest BCUT2D eigenvalue weighted by Gasteiger charge is 2.18. The first-order valence-electron chi connectivity index (χ1n) is 7.12. The predicted octanol–water partition coefficient (Wildman–Crippen LogP) is 3.35. The number of carbonyl (C=O) groups excluding carboxylic acids is 1. The number of hydrogen-bond donors (Lipinski definition) is 1. The summed E-state index contributed by atoms with van der Waals surface area (Å²) in [5.74, 6) is 0.549. The second kappa shape index (κ2) is 8.28.